The number of benzene rings is 3. The molecular weight excluding hydrogens is 272 g/mol. The number of hydrazine groups is 1. The number of hydrogen-bond donors (Lipinski definition) is 3. The van der Waals surface area contributed by atoms with Crippen molar-refractivity contribution in [3.63, 3.8) is 0 Å². The number of aromatic hydroxyl groups is 1. The van der Waals surface area contributed by atoms with Gasteiger partial charge >= 0.3 is 0 Å². The van der Waals surface area contributed by atoms with E-state index in [1.807, 2.05) is 18.2 Å². The van der Waals surface area contributed by atoms with Crippen molar-refractivity contribution in [1.82, 2.24) is 10.9 Å². The fraction of sp³-hybridized carbons (Fsp3) is 0.0526. The second-order valence-corrected chi connectivity index (χ2v) is 5.41. The van der Waals surface area contributed by atoms with Crippen molar-refractivity contribution in [2.45, 2.75) is 6.04 Å². The maximum atomic E-state index is 9.99. The van der Waals surface area contributed by atoms with E-state index in [-0.39, 0.29) is 11.8 Å². The average molecular weight is 288 g/mol. The molecule has 1 aliphatic heterocycles. The molecule has 1 atom stereocenters. The van der Waals surface area contributed by atoms with Crippen LogP contribution >= 0.6 is 0 Å². The third kappa shape index (κ3) is 2.12. The molecule has 108 valence electrons. The van der Waals surface area contributed by atoms with Crippen LogP contribution in [0.5, 0.6) is 5.75 Å². The molecule has 0 aliphatic carbocycles. The lowest BCUT2D eigenvalue weighted by molar-refractivity contribution is 0.473. The second-order valence-electron chi connectivity index (χ2n) is 5.41. The maximum absolute atomic E-state index is 9.99. The largest absolute Gasteiger partial charge is 0.507 e. The zero-order chi connectivity index (χ0) is 14.9. The minimum absolute atomic E-state index is 0.0701. The molecular formula is C19H16N2O. The number of rotatable bonds is 2. The standard InChI is InChI=1S/C19H16N2O/c22-19-11-4-3-9-16(19)18-12-17(20-21-18)15-10-5-7-13-6-1-2-8-14(13)15/h1-12,17,20-22H. The van der Waals surface area contributed by atoms with Crippen molar-refractivity contribution in [3.05, 3.63) is 83.9 Å². The van der Waals surface area contributed by atoms with Crippen molar-refractivity contribution in [2.24, 2.45) is 0 Å². The van der Waals surface area contributed by atoms with Gasteiger partial charge in [0.25, 0.3) is 0 Å². The summed E-state index contributed by atoms with van der Waals surface area (Å²) in [6, 6.07) is 22.1. The molecule has 1 unspecified atom stereocenters. The fourth-order valence-electron chi connectivity index (χ4n) is 2.95. The van der Waals surface area contributed by atoms with E-state index in [1.54, 1.807) is 6.07 Å². The topological polar surface area (TPSA) is 44.3 Å². The fourth-order valence-corrected chi connectivity index (χ4v) is 2.95. The van der Waals surface area contributed by atoms with Crippen LogP contribution in [-0.4, -0.2) is 5.11 Å². The number of phenolic OH excluding ortho intramolecular Hbond substituents is 1. The van der Waals surface area contributed by atoms with Crippen molar-refractivity contribution >= 4 is 16.5 Å². The highest BCUT2D eigenvalue weighted by Gasteiger charge is 2.20. The highest BCUT2D eigenvalue weighted by Crippen LogP contribution is 2.31. The monoisotopic (exact) mass is 288 g/mol. The minimum atomic E-state index is 0.0701. The number of hydrogen-bond acceptors (Lipinski definition) is 3. The first-order valence-corrected chi connectivity index (χ1v) is 7.32. The Morgan fingerprint density at radius 1 is 0.818 bits per heavy atom. The summed E-state index contributed by atoms with van der Waals surface area (Å²) in [6.45, 7) is 0. The van der Waals surface area contributed by atoms with Crippen LogP contribution in [0.3, 0.4) is 0 Å². The molecule has 3 nitrogen and oxygen atoms in total. The normalized spacial score (nSPS) is 17.3. The molecule has 0 saturated carbocycles. The Balaban J connectivity index is 1.77. The van der Waals surface area contributed by atoms with Gasteiger partial charge in [0.15, 0.2) is 0 Å². The summed E-state index contributed by atoms with van der Waals surface area (Å²) in [5.41, 5.74) is 9.39. The van der Waals surface area contributed by atoms with Gasteiger partial charge < -0.3 is 10.5 Å². The van der Waals surface area contributed by atoms with E-state index in [0.29, 0.717) is 0 Å². The first kappa shape index (κ1) is 12.9. The van der Waals surface area contributed by atoms with Crippen LogP contribution in [0.2, 0.25) is 0 Å². The summed E-state index contributed by atoms with van der Waals surface area (Å²) in [4.78, 5) is 0. The van der Waals surface area contributed by atoms with Crippen LogP contribution in [0.25, 0.3) is 16.5 Å². The Bertz CT molecular complexity index is 865. The quantitative estimate of drug-likeness (QED) is 0.673. The Hall–Kier alpha value is -2.78. The highest BCUT2D eigenvalue weighted by atomic mass is 16.3. The van der Waals surface area contributed by atoms with E-state index < -0.39 is 0 Å². The van der Waals surface area contributed by atoms with Gasteiger partial charge in [-0.3, -0.25) is 0 Å². The minimum Gasteiger partial charge on any atom is -0.507 e. The van der Waals surface area contributed by atoms with Gasteiger partial charge in [0.2, 0.25) is 0 Å². The Morgan fingerprint density at radius 3 is 2.50 bits per heavy atom. The highest BCUT2D eigenvalue weighted by molar-refractivity contribution is 5.87. The van der Waals surface area contributed by atoms with Crippen molar-refractivity contribution < 1.29 is 5.11 Å². The van der Waals surface area contributed by atoms with Crippen LogP contribution in [-0.2, 0) is 0 Å². The SMILES string of the molecule is Oc1ccccc1C1=CC(c2cccc3ccccc23)NN1. The molecule has 1 aliphatic rings. The summed E-state index contributed by atoms with van der Waals surface area (Å²) in [6.07, 6.45) is 2.11. The predicted octanol–water partition coefficient (Wildman–Crippen LogP) is 3.74. The summed E-state index contributed by atoms with van der Waals surface area (Å²) in [5, 5.41) is 12.5. The van der Waals surface area contributed by atoms with Crippen LogP contribution in [0.1, 0.15) is 17.2 Å². The van der Waals surface area contributed by atoms with Crippen LogP contribution in [0.4, 0.5) is 0 Å². The number of nitrogens with one attached hydrogen (secondary N) is 2. The molecule has 0 aromatic heterocycles. The molecule has 22 heavy (non-hydrogen) atoms. The van der Waals surface area contributed by atoms with Crippen LogP contribution in [0, 0.1) is 0 Å². The molecule has 1 heterocycles. The first-order valence-electron chi connectivity index (χ1n) is 7.32. The summed E-state index contributed by atoms with van der Waals surface area (Å²) >= 11 is 0. The molecule has 4 rings (SSSR count). The van der Waals surface area contributed by atoms with Gasteiger partial charge in [0.05, 0.1) is 11.7 Å². The zero-order valence-electron chi connectivity index (χ0n) is 12.0. The van der Waals surface area contributed by atoms with Crippen molar-refractivity contribution in [3.8, 4) is 5.75 Å². The molecule has 0 bridgehead atoms. The van der Waals surface area contributed by atoms with Gasteiger partial charge in [0, 0.05) is 5.56 Å². The smallest absolute Gasteiger partial charge is 0.124 e. The van der Waals surface area contributed by atoms with E-state index in [4.69, 9.17) is 0 Å². The first-order chi connectivity index (χ1) is 10.8. The molecule has 0 radical (unpaired) electrons. The molecule has 3 heteroatoms. The van der Waals surface area contributed by atoms with Gasteiger partial charge in [-0.05, 0) is 34.5 Å². The number of phenols is 1. The lowest BCUT2D eigenvalue weighted by Gasteiger charge is -2.12. The van der Waals surface area contributed by atoms with Crippen LogP contribution < -0.4 is 10.9 Å². The summed E-state index contributed by atoms with van der Waals surface area (Å²) in [5.74, 6) is 0.279. The van der Waals surface area contributed by atoms with Gasteiger partial charge in [-0.2, -0.15) is 0 Å². The third-order valence-electron chi connectivity index (χ3n) is 4.05. The van der Waals surface area contributed by atoms with Crippen molar-refractivity contribution in [2.75, 3.05) is 0 Å². The predicted molar refractivity (Wildman–Crippen MR) is 89.0 cm³/mol. The third-order valence-corrected chi connectivity index (χ3v) is 4.05. The van der Waals surface area contributed by atoms with Gasteiger partial charge in [-0.1, -0.05) is 54.6 Å². The Labute approximate surface area is 128 Å². The molecule has 3 aromatic carbocycles. The maximum Gasteiger partial charge on any atom is 0.124 e. The van der Waals surface area contributed by atoms with E-state index in [2.05, 4.69) is 59.4 Å². The number of fused-ring (bicyclic) bond motifs is 1. The van der Waals surface area contributed by atoms with E-state index in [0.717, 1.165) is 11.3 Å². The summed E-state index contributed by atoms with van der Waals surface area (Å²) in [7, 11) is 0. The average Bonchev–Trinajstić information content (AvgIpc) is 3.04. The lowest BCUT2D eigenvalue weighted by atomic mass is 9.98. The van der Waals surface area contributed by atoms with Gasteiger partial charge in [0.1, 0.15) is 5.75 Å². The molecule has 0 fully saturated rings. The lowest BCUT2D eigenvalue weighted by Crippen LogP contribution is -2.26. The molecule has 3 aromatic rings. The molecule has 0 spiro atoms. The van der Waals surface area contributed by atoms with Crippen molar-refractivity contribution in [1.29, 1.82) is 0 Å². The van der Waals surface area contributed by atoms with E-state index in [9.17, 15) is 5.11 Å². The Kier molecular flexibility index (Phi) is 3.06. The summed E-state index contributed by atoms with van der Waals surface area (Å²) < 4.78 is 0. The zero-order valence-corrected chi connectivity index (χ0v) is 12.0. The van der Waals surface area contributed by atoms with Crippen LogP contribution in [0.15, 0.2) is 72.8 Å². The number of para-hydroxylation sites is 1. The van der Waals surface area contributed by atoms with Gasteiger partial charge in [-0.25, -0.2) is 5.43 Å². The second kappa shape index (κ2) is 5.20. The van der Waals surface area contributed by atoms with Gasteiger partial charge in [-0.15, -0.1) is 0 Å². The van der Waals surface area contributed by atoms with E-state index >= 15 is 0 Å². The van der Waals surface area contributed by atoms with E-state index in [1.165, 1.54) is 16.3 Å². The Morgan fingerprint density at radius 2 is 1.59 bits per heavy atom. The molecule has 0 amide bonds. The molecule has 3 N–H and O–H groups in total. The molecule has 0 saturated heterocycles.